The quantitative estimate of drug-likeness (QED) is 0.561. The van der Waals surface area contributed by atoms with Gasteiger partial charge in [-0.3, -0.25) is 4.79 Å². The zero-order chi connectivity index (χ0) is 22.2. The summed E-state index contributed by atoms with van der Waals surface area (Å²) in [4.78, 5) is 17.3. The van der Waals surface area contributed by atoms with Crippen LogP contribution in [0.1, 0.15) is 31.2 Å². The molecule has 32 heavy (non-hydrogen) atoms. The van der Waals surface area contributed by atoms with Gasteiger partial charge in [-0.1, -0.05) is 25.0 Å². The Labute approximate surface area is 190 Å². The van der Waals surface area contributed by atoms with Crippen LogP contribution in [-0.2, 0) is 9.53 Å². The van der Waals surface area contributed by atoms with Gasteiger partial charge in [0.25, 0.3) is 5.91 Å². The minimum atomic E-state index is -0.400. The van der Waals surface area contributed by atoms with Crippen LogP contribution in [0.25, 0.3) is 6.08 Å². The molecule has 2 saturated heterocycles. The lowest BCUT2D eigenvalue weighted by Gasteiger charge is -2.28. The van der Waals surface area contributed by atoms with Gasteiger partial charge in [0.05, 0.1) is 13.2 Å². The van der Waals surface area contributed by atoms with Gasteiger partial charge in [0.1, 0.15) is 11.6 Å². The Kier molecular flexibility index (Phi) is 7.42. The van der Waals surface area contributed by atoms with Crippen molar-refractivity contribution in [3.8, 4) is 6.07 Å². The minimum Gasteiger partial charge on any atom is -0.378 e. The van der Waals surface area contributed by atoms with Crippen LogP contribution >= 0.6 is 0 Å². The maximum absolute atomic E-state index is 12.7. The summed E-state index contributed by atoms with van der Waals surface area (Å²) in [6, 6.07) is 17.8. The molecule has 0 aliphatic carbocycles. The van der Waals surface area contributed by atoms with E-state index in [4.69, 9.17) is 4.74 Å². The van der Waals surface area contributed by atoms with Crippen molar-refractivity contribution >= 4 is 29.0 Å². The molecule has 1 N–H and O–H groups in total. The number of nitrogens with one attached hydrogen (secondary N) is 1. The van der Waals surface area contributed by atoms with Gasteiger partial charge in [-0.2, -0.15) is 5.26 Å². The summed E-state index contributed by atoms with van der Waals surface area (Å²) in [6.45, 7) is 5.37. The van der Waals surface area contributed by atoms with Crippen LogP contribution in [0.15, 0.2) is 54.1 Å². The Hall–Kier alpha value is -3.30. The number of amides is 1. The zero-order valence-corrected chi connectivity index (χ0v) is 18.4. The first-order chi connectivity index (χ1) is 15.7. The number of benzene rings is 2. The molecule has 0 unspecified atom stereocenters. The van der Waals surface area contributed by atoms with Crippen molar-refractivity contribution in [1.29, 1.82) is 5.26 Å². The van der Waals surface area contributed by atoms with Crippen LogP contribution in [0.4, 0.5) is 17.1 Å². The van der Waals surface area contributed by atoms with Gasteiger partial charge in [0.2, 0.25) is 0 Å². The van der Waals surface area contributed by atoms with Crippen molar-refractivity contribution in [3.63, 3.8) is 0 Å². The van der Waals surface area contributed by atoms with Crippen LogP contribution in [-0.4, -0.2) is 45.3 Å². The maximum Gasteiger partial charge on any atom is 0.266 e. The molecule has 2 heterocycles. The van der Waals surface area contributed by atoms with E-state index in [0.717, 1.165) is 50.6 Å². The Morgan fingerprint density at radius 3 is 2.00 bits per heavy atom. The molecule has 6 nitrogen and oxygen atoms in total. The highest BCUT2D eigenvalue weighted by atomic mass is 16.5. The fourth-order valence-corrected chi connectivity index (χ4v) is 4.20. The number of hydrogen-bond acceptors (Lipinski definition) is 5. The molecule has 0 saturated carbocycles. The van der Waals surface area contributed by atoms with E-state index in [0.29, 0.717) is 5.69 Å². The van der Waals surface area contributed by atoms with Crippen molar-refractivity contribution in [3.05, 3.63) is 59.7 Å². The minimum absolute atomic E-state index is 0.0878. The molecule has 1 amide bonds. The van der Waals surface area contributed by atoms with Gasteiger partial charge in [0, 0.05) is 43.2 Å². The predicted octanol–water partition coefficient (Wildman–Crippen LogP) is 4.45. The van der Waals surface area contributed by atoms with Gasteiger partial charge in [-0.05, 0) is 60.9 Å². The largest absolute Gasteiger partial charge is 0.378 e. The maximum atomic E-state index is 12.7. The highest BCUT2D eigenvalue weighted by Gasteiger charge is 2.13. The molecule has 2 aliphatic rings. The molecular formula is C26H30N4O2. The number of nitriles is 1. The lowest BCUT2D eigenvalue weighted by atomic mass is 10.1. The van der Waals surface area contributed by atoms with Crippen LogP contribution in [0, 0.1) is 11.3 Å². The van der Waals surface area contributed by atoms with E-state index >= 15 is 0 Å². The molecule has 2 fully saturated rings. The second kappa shape index (κ2) is 10.8. The van der Waals surface area contributed by atoms with E-state index in [1.807, 2.05) is 42.5 Å². The summed E-state index contributed by atoms with van der Waals surface area (Å²) < 4.78 is 5.39. The SMILES string of the molecule is N#C/C(=C\c1ccc(N2CCCCCC2)cc1)C(=O)Nc1ccc(N2CCOCC2)cc1. The lowest BCUT2D eigenvalue weighted by molar-refractivity contribution is -0.112. The first-order valence-corrected chi connectivity index (χ1v) is 11.4. The van der Waals surface area contributed by atoms with Crippen molar-refractivity contribution in [2.75, 3.05) is 54.5 Å². The summed E-state index contributed by atoms with van der Waals surface area (Å²) in [5, 5.41) is 12.4. The van der Waals surface area contributed by atoms with Gasteiger partial charge < -0.3 is 19.9 Å². The van der Waals surface area contributed by atoms with E-state index in [-0.39, 0.29) is 5.57 Å². The number of carbonyl (C=O) groups excluding carboxylic acids is 1. The molecule has 0 radical (unpaired) electrons. The van der Waals surface area contributed by atoms with Crippen LogP contribution in [0.3, 0.4) is 0 Å². The Bertz CT molecular complexity index is 962. The summed E-state index contributed by atoms with van der Waals surface area (Å²) in [7, 11) is 0. The fourth-order valence-electron chi connectivity index (χ4n) is 4.20. The van der Waals surface area contributed by atoms with Gasteiger partial charge in [0.15, 0.2) is 0 Å². The van der Waals surface area contributed by atoms with Crippen LogP contribution < -0.4 is 15.1 Å². The molecule has 2 aromatic carbocycles. The summed E-state index contributed by atoms with van der Waals surface area (Å²) >= 11 is 0. The molecular weight excluding hydrogens is 400 g/mol. The number of morpholine rings is 1. The number of anilines is 3. The smallest absolute Gasteiger partial charge is 0.266 e. The summed E-state index contributed by atoms with van der Waals surface area (Å²) in [5.41, 5.74) is 3.91. The number of rotatable bonds is 5. The molecule has 2 aliphatic heterocycles. The van der Waals surface area contributed by atoms with E-state index < -0.39 is 5.91 Å². The molecule has 0 bridgehead atoms. The van der Waals surface area contributed by atoms with Gasteiger partial charge in [-0.25, -0.2) is 0 Å². The summed E-state index contributed by atoms with van der Waals surface area (Å²) in [6.07, 6.45) is 6.70. The summed E-state index contributed by atoms with van der Waals surface area (Å²) in [5.74, 6) is -0.400. The number of carbonyl (C=O) groups is 1. The van der Waals surface area contributed by atoms with Crippen LogP contribution in [0.5, 0.6) is 0 Å². The highest BCUT2D eigenvalue weighted by Crippen LogP contribution is 2.22. The van der Waals surface area contributed by atoms with E-state index in [9.17, 15) is 10.1 Å². The van der Waals surface area contributed by atoms with E-state index in [2.05, 4.69) is 27.2 Å². The zero-order valence-electron chi connectivity index (χ0n) is 18.4. The standard InChI is InChI=1S/C26H30N4O2/c27-20-22(19-21-5-9-24(10-6-21)29-13-3-1-2-4-14-29)26(31)28-23-7-11-25(12-8-23)30-15-17-32-18-16-30/h5-12,19H,1-4,13-18H2,(H,28,31)/b22-19+. The number of nitrogens with zero attached hydrogens (tertiary/aromatic N) is 3. The van der Waals surface area contributed by atoms with Crippen LogP contribution in [0.2, 0.25) is 0 Å². The van der Waals surface area contributed by atoms with Gasteiger partial charge >= 0.3 is 0 Å². The number of hydrogen-bond donors (Lipinski definition) is 1. The highest BCUT2D eigenvalue weighted by molar-refractivity contribution is 6.09. The molecule has 0 spiro atoms. The molecule has 6 heteroatoms. The molecule has 0 atom stereocenters. The normalized spacial score (nSPS) is 17.4. The van der Waals surface area contributed by atoms with Gasteiger partial charge in [-0.15, -0.1) is 0 Å². The molecule has 0 aromatic heterocycles. The predicted molar refractivity (Wildman–Crippen MR) is 129 cm³/mol. The molecule has 2 aromatic rings. The Morgan fingerprint density at radius 1 is 0.844 bits per heavy atom. The Balaban J connectivity index is 1.39. The average Bonchev–Trinajstić information content (AvgIpc) is 3.13. The fraction of sp³-hybridized carbons (Fsp3) is 0.385. The molecule has 4 rings (SSSR count). The van der Waals surface area contributed by atoms with E-state index in [1.165, 1.54) is 31.4 Å². The van der Waals surface area contributed by atoms with Crippen molar-refractivity contribution in [1.82, 2.24) is 0 Å². The first kappa shape index (κ1) is 21.9. The third-order valence-corrected chi connectivity index (χ3v) is 6.04. The number of ether oxygens (including phenoxy) is 1. The first-order valence-electron chi connectivity index (χ1n) is 11.4. The third kappa shape index (κ3) is 5.68. The molecule has 166 valence electrons. The average molecular weight is 431 g/mol. The second-order valence-electron chi connectivity index (χ2n) is 8.26. The second-order valence-corrected chi connectivity index (χ2v) is 8.26. The topological polar surface area (TPSA) is 68.6 Å². The third-order valence-electron chi connectivity index (χ3n) is 6.04. The monoisotopic (exact) mass is 430 g/mol. The Morgan fingerprint density at radius 2 is 1.41 bits per heavy atom. The van der Waals surface area contributed by atoms with E-state index in [1.54, 1.807) is 6.08 Å². The van der Waals surface area contributed by atoms with Crippen molar-refractivity contribution in [2.24, 2.45) is 0 Å². The van der Waals surface area contributed by atoms with Crippen molar-refractivity contribution in [2.45, 2.75) is 25.7 Å². The van der Waals surface area contributed by atoms with Crippen molar-refractivity contribution < 1.29 is 9.53 Å². The lowest BCUT2D eigenvalue weighted by Crippen LogP contribution is -2.36.